The maximum Gasteiger partial charge on any atom is 0.329 e. The average Bonchev–Trinajstić information content (AvgIpc) is 2.89. The van der Waals surface area contributed by atoms with Crippen molar-refractivity contribution in [1.82, 2.24) is 10.2 Å². The molecule has 0 aromatic carbocycles. The number of carbonyl (C=O) groups excluding carboxylic acids is 1. The van der Waals surface area contributed by atoms with E-state index in [-0.39, 0.29) is 17.4 Å². The lowest BCUT2D eigenvalue weighted by molar-refractivity contribution is -0.159. The molecule has 2 aliphatic rings. The number of amides is 2. The van der Waals surface area contributed by atoms with E-state index in [0.29, 0.717) is 19.6 Å². The van der Waals surface area contributed by atoms with Crippen LogP contribution in [0, 0.1) is 0 Å². The highest BCUT2D eigenvalue weighted by atomic mass is 32.2. The first-order chi connectivity index (χ1) is 9.88. The Hall–Kier alpha value is -0.950. The Morgan fingerprint density at radius 2 is 1.95 bits per heavy atom. The molecule has 0 aromatic rings. The van der Waals surface area contributed by atoms with Gasteiger partial charge in [-0.25, -0.2) is 9.59 Å². The summed E-state index contributed by atoms with van der Waals surface area (Å²) in [6.07, 6.45) is 6.91. The van der Waals surface area contributed by atoms with Crippen molar-refractivity contribution in [2.45, 2.75) is 43.0 Å². The van der Waals surface area contributed by atoms with Crippen molar-refractivity contribution in [2.75, 3.05) is 32.5 Å². The summed E-state index contributed by atoms with van der Waals surface area (Å²) < 4.78 is 5.50. The Labute approximate surface area is 129 Å². The van der Waals surface area contributed by atoms with E-state index in [9.17, 15) is 9.59 Å². The van der Waals surface area contributed by atoms with Gasteiger partial charge in [0.25, 0.3) is 0 Å². The minimum atomic E-state index is -0.984. The van der Waals surface area contributed by atoms with Gasteiger partial charge in [-0.05, 0) is 26.0 Å². The van der Waals surface area contributed by atoms with Crippen molar-refractivity contribution >= 4 is 23.8 Å². The van der Waals surface area contributed by atoms with Crippen molar-refractivity contribution < 1.29 is 19.4 Å². The Kier molecular flexibility index (Phi) is 5.03. The number of hydrogen-bond acceptors (Lipinski definition) is 4. The molecule has 1 aliphatic heterocycles. The molecular weight excluding hydrogens is 292 g/mol. The van der Waals surface area contributed by atoms with E-state index < -0.39 is 11.6 Å². The number of likely N-dealkylation sites (tertiary alicyclic amines) is 1. The van der Waals surface area contributed by atoms with Gasteiger partial charge in [-0.15, -0.1) is 0 Å². The van der Waals surface area contributed by atoms with Crippen LogP contribution in [0.1, 0.15) is 32.6 Å². The third kappa shape index (κ3) is 4.03. The second kappa shape index (κ2) is 6.44. The van der Waals surface area contributed by atoms with Gasteiger partial charge in [0.15, 0.2) is 0 Å². The molecule has 1 saturated heterocycles. The van der Waals surface area contributed by atoms with Gasteiger partial charge in [0.2, 0.25) is 0 Å². The van der Waals surface area contributed by atoms with Crippen molar-refractivity contribution in [3.05, 3.63) is 0 Å². The zero-order valence-corrected chi connectivity index (χ0v) is 13.5. The number of hydrogen-bond donors (Lipinski definition) is 2. The lowest BCUT2D eigenvalue weighted by Crippen LogP contribution is -2.65. The van der Waals surface area contributed by atoms with Gasteiger partial charge in [0.05, 0.1) is 13.1 Å². The van der Waals surface area contributed by atoms with Gasteiger partial charge in [-0.1, -0.05) is 12.8 Å². The zero-order chi connectivity index (χ0) is 15.5. The minimum absolute atomic E-state index is 0.0771. The first kappa shape index (κ1) is 16.4. The van der Waals surface area contributed by atoms with Crippen LogP contribution in [0.3, 0.4) is 0 Å². The van der Waals surface area contributed by atoms with Gasteiger partial charge in [0.1, 0.15) is 12.2 Å². The van der Waals surface area contributed by atoms with Crippen molar-refractivity contribution in [2.24, 2.45) is 0 Å². The number of urea groups is 1. The zero-order valence-electron chi connectivity index (χ0n) is 12.7. The average molecular weight is 316 g/mol. The molecular formula is C14H24N2O4S. The first-order valence-corrected chi connectivity index (χ1v) is 8.54. The standard InChI is InChI=1S/C14H24N2O4S/c1-13(20-7-11(17)18)9-16(10-13)12(19)15-8-14(21-2)5-3-4-6-14/h3-10H2,1-2H3,(H,15,19)(H,17,18). The van der Waals surface area contributed by atoms with Crippen LogP contribution in [0.15, 0.2) is 0 Å². The molecule has 2 N–H and O–H groups in total. The Morgan fingerprint density at radius 3 is 2.48 bits per heavy atom. The molecule has 0 radical (unpaired) electrons. The third-order valence-electron chi connectivity index (χ3n) is 4.39. The van der Waals surface area contributed by atoms with E-state index in [1.807, 2.05) is 18.7 Å². The number of rotatable bonds is 6. The van der Waals surface area contributed by atoms with E-state index in [1.165, 1.54) is 12.8 Å². The number of carbonyl (C=O) groups is 2. The number of aliphatic carboxylic acids is 1. The number of nitrogens with zero attached hydrogens (tertiary/aromatic N) is 1. The Bertz CT molecular complexity index is 404. The summed E-state index contributed by atoms with van der Waals surface area (Å²) in [5, 5.41) is 11.6. The fourth-order valence-electron chi connectivity index (χ4n) is 3.05. The Balaban J connectivity index is 1.72. The number of nitrogens with one attached hydrogen (secondary N) is 1. The van der Waals surface area contributed by atoms with Crippen molar-refractivity contribution in [3.63, 3.8) is 0 Å². The van der Waals surface area contributed by atoms with Gasteiger partial charge in [0, 0.05) is 11.3 Å². The monoisotopic (exact) mass is 316 g/mol. The molecule has 6 nitrogen and oxygen atoms in total. The van der Waals surface area contributed by atoms with Crippen LogP contribution >= 0.6 is 11.8 Å². The number of ether oxygens (including phenoxy) is 1. The lowest BCUT2D eigenvalue weighted by Gasteiger charge is -2.47. The van der Waals surface area contributed by atoms with Crippen LogP contribution < -0.4 is 5.32 Å². The highest BCUT2D eigenvalue weighted by Gasteiger charge is 2.43. The molecule has 120 valence electrons. The van der Waals surface area contributed by atoms with Gasteiger partial charge >= 0.3 is 12.0 Å². The van der Waals surface area contributed by atoms with Gasteiger partial charge in [-0.2, -0.15) is 11.8 Å². The van der Waals surface area contributed by atoms with Crippen LogP contribution in [0.4, 0.5) is 4.79 Å². The van der Waals surface area contributed by atoms with Crippen LogP contribution in [0.5, 0.6) is 0 Å². The molecule has 1 aliphatic carbocycles. The maximum absolute atomic E-state index is 12.1. The minimum Gasteiger partial charge on any atom is -0.480 e. The quantitative estimate of drug-likeness (QED) is 0.777. The molecule has 0 atom stereocenters. The van der Waals surface area contributed by atoms with Crippen LogP contribution in [0.25, 0.3) is 0 Å². The molecule has 0 unspecified atom stereocenters. The molecule has 2 amide bonds. The molecule has 21 heavy (non-hydrogen) atoms. The molecule has 1 heterocycles. The second-order valence-electron chi connectivity index (χ2n) is 6.24. The number of carboxylic acid groups (broad SMARTS) is 1. The van der Waals surface area contributed by atoms with Crippen LogP contribution in [-0.4, -0.2) is 64.9 Å². The molecule has 0 spiro atoms. The fourth-order valence-corrected chi connectivity index (χ4v) is 3.97. The molecule has 0 bridgehead atoms. The third-order valence-corrected chi connectivity index (χ3v) is 5.81. The highest BCUT2D eigenvalue weighted by Crippen LogP contribution is 2.39. The molecule has 2 fully saturated rings. The van der Waals surface area contributed by atoms with E-state index in [2.05, 4.69) is 11.6 Å². The second-order valence-corrected chi connectivity index (χ2v) is 7.52. The Morgan fingerprint density at radius 1 is 1.33 bits per heavy atom. The molecule has 7 heteroatoms. The predicted octanol–water partition coefficient (Wildman–Crippen LogP) is 1.55. The predicted molar refractivity (Wildman–Crippen MR) is 81.7 cm³/mol. The summed E-state index contributed by atoms with van der Waals surface area (Å²) in [5.41, 5.74) is -0.527. The summed E-state index contributed by atoms with van der Waals surface area (Å²) in [5.74, 6) is -0.984. The first-order valence-electron chi connectivity index (χ1n) is 7.32. The van der Waals surface area contributed by atoms with Gasteiger partial charge < -0.3 is 20.1 Å². The van der Waals surface area contributed by atoms with E-state index in [0.717, 1.165) is 12.8 Å². The van der Waals surface area contributed by atoms with Crippen molar-refractivity contribution in [1.29, 1.82) is 0 Å². The summed E-state index contributed by atoms with van der Waals surface area (Å²) in [6, 6.07) is -0.0771. The number of carboxylic acids is 1. The van der Waals surface area contributed by atoms with Crippen LogP contribution in [0.2, 0.25) is 0 Å². The summed E-state index contributed by atoms with van der Waals surface area (Å²) in [7, 11) is 0. The summed E-state index contributed by atoms with van der Waals surface area (Å²) >= 11 is 1.85. The fraction of sp³-hybridized carbons (Fsp3) is 0.857. The van der Waals surface area contributed by atoms with Crippen LogP contribution in [-0.2, 0) is 9.53 Å². The molecule has 2 rings (SSSR count). The normalized spacial score (nSPS) is 22.7. The highest BCUT2D eigenvalue weighted by molar-refractivity contribution is 8.00. The largest absolute Gasteiger partial charge is 0.480 e. The lowest BCUT2D eigenvalue weighted by atomic mass is 9.97. The molecule has 1 saturated carbocycles. The van der Waals surface area contributed by atoms with Gasteiger partial charge in [-0.3, -0.25) is 0 Å². The van der Waals surface area contributed by atoms with E-state index in [1.54, 1.807) is 4.90 Å². The summed E-state index contributed by atoms with van der Waals surface area (Å²) in [4.78, 5) is 24.3. The van der Waals surface area contributed by atoms with E-state index >= 15 is 0 Å². The SMILES string of the molecule is CSC1(CNC(=O)N2CC(C)(OCC(=O)O)C2)CCCC1. The maximum atomic E-state index is 12.1. The summed E-state index contributed by atoms with van der Waals surface area (Å²) in [6.45, 7) is 3.11. The smallest absolute Gasteiger partial charge is 0.329 e. The topological polar surface area (TPSA) is 78.9 Å². The van der Waals surface area contributed by atoms with Crippen molar-refractivity contribution in [3.8, 4) is 0 Å². The van der Waals surface area contributed by atoms with E-state index in [4.69, 9.17) is 9.84 Å². The molecule has 0 aromatic heterocycles. The number of thioether (sulfide) groups is 1.